The smallest absolute Gasteiger partial charge is 0.256 e. The molecule has 2 aromatic rings. The minimum Gasteiger partial charge on any atom is -0.496 e. The number of aromatic nitrogens is 1. The minimum atomic E-state index is -0.601. The first-order valence-electron chi connectivity index (χ1n) is 10.6. The lowest BCUT2D eigenvalue weighted by atomic mass is 9.89. The zero-order chi connectivity index (χ0) is 22.5. The highest BCUT2D eigenvalue weighted by Gasteiger charge is 2.28. The van der Waals surface area contributed by atoms with Gasteiger partial charge < -0.3 is 19.1 Å². The number of carbonyl (C=O) groups excluding carboxylic acids is 1. The number of piperidine rings is 1. The highest BCUT2D eigenvalue weighted by Crippen LogP contribution is 2.35. The van der Waals surface area contributed by atoms with Gasteiger partial charge in [0.05, 0.1) is 26.4 Å². The van der Waals surface area contributed by atoms with Crippen LogP contribution in [0.25, 0.3) is 0 Å². The molecule has 3 rings (SSSR count). The van der Waals surface area contributed by atoms with Gasteiger partial charge >= 0.3 is 0 Å². The Balaban J connectivity index is 1.72. The number of carbonyl (C=O) groups is 1. The topological polar surface area (TPSA) is 60.9 Å². The molecule has 168 valence electrons. The van der Waals surface area contributed by atoms with Crippen LogP contribution in [0.2, 0.25) is 0 Å². The third-order valence-corrected chi connectivity index (χ3v) is 5.53. The number of hydrogen-bond donors (Lipinski definition) is 0. The number of hydrogen-bond acceptors (Lipinski definition) is 5. The van der Waals surface area contributed by atoms with Gasteiger partial charge in [-0.25, -0.2) is 4.39 Å². The van der Waals surface area contributed by atoms with Crippen molar-refractivity contribution in [3.8, 4) is 17.2 Å². The molecule has 1 saturated heterocycles. The van der Waals surface area contributed by atoms with Crippen molar-refractivity contribution in [2.75, 3.05) is 33.9 Å². The van der Waals surface area contributed by atoms with Crippen LogP contribution in [0.1, 0.15) is 54.2 Å². The Bertz CT molecular complexity index is 924. The molecule has 1 aliphatic heterocycles. The Morgan fingerprint density at radius 2 is 1.81 bits per heavy atom. The number of rotatable bonds is 7. The molecule has 1 aromatic heterocycles. The van der Waals surface area contributed by atoms with Crippen molar-refractivity contribution in [2.24, 2.45) is 5.92 Å². The van der Waals surface area contributed by atoms with Crippen LogP contribution >= 0.6 is 0 Å². The summed E-state index contributed by atoms with van der Waals surface area (Å²) in [7, 11) is 3.14. The van der Waals surface area contributed by atoms with Crippen molar-refractivity contribution < 1.29 is 23.4 Å². The summed E-state index contributed by atoms with van der Waals surface area (Å²) in [6.45, 7) is 7.45. The summed E-state index contributed by atoms with van der Waals surface area (Å²) in [6.07, 6.45) is 3.39. The lowest BCUT2D eigenvalue weighted by Gasteiger charge is -2.33. The lowest BCUT2D eigenvalue weighted by Crippen LogP contribution is -2.38. The van der Waals surface area contributed by atoms with E-state index in [1.807, 2.05) is 33.0 Å². The van der Waals surface area contributed by atoms with Gasteiger partial charge in [-0.05, 0) is 37.7 Å². The van der Waals surface area contributed by atoms with Gasteiger partial charge in [-0.15, -0.1) is 0 Å². The van der Waals surface area contributed by atoms with Gasteiger partial charge in [-0.2, -0.15) is 0 Å². The summed E-state index contributed by atoms with van der Waals surface area (Å²) in [4.78, 5) is 19.1. The maximum absolute atomic E-state index is 14.8. The van der Waals surface area contributed by atoms with Crippen LogP contribution in [0.3, 0.4) is 0 Å². The second kappa shape index (κ2) is 9.98. The van der Waals surface area contributed by atoms with Crippen molar-refractivity contribution in [1.29, 1.82) is 0 Å². The summed E-state index contributed by atoms with van der Waals surface area (Å²) < 4.78 is 31.3. The normalized spacial score (nSPS) is 14.6. The number of benzene rings is 1. The Hall–Kier alpha value is -2.83. The molecule has 1 fully saturated rings. The van der Waals surface area contributed by atoms with Gasteiger partial charge in [0.2, 0.25) is 0 Å². The maximum atomic E-state index is 14.8. The zero-order valence-corrected chi connectivity index (χ0v) is 18.9. The van der Waals surface area contributed by atoms with Crippen LogP contribution in [0, 0.1) is 18.7 Å². The van der Waals surface area contributed by atoms with Crippen LogP contribution in [0.5, 0.6) is 17.2 Å². The summed E-state index contributed by atoms with van der Waals surface area (Å²) in [5.41, 5.74) is 1.96. The van der Waals surface area contributed by atoms with E-state index in [1.165, 1.54) is 19.2 Å². The fourth-order valence-corrected chi connectivity index (χ4v) is 3.82. The number of likely N-dealkylation sites (tertiary alicyclic amines) is 1. The molecule has 7 heteroatoms. The first-order valence-corrected chi connectivity index (χ1v) is 10.6. The molecule has 0 aliphatic carbocycles. The number of methoxy groups -OCH3 is 2. The Labute approximate surface area is 183 Å². The van der Waals surface area contributed by atoms with Crippen LogP contribution < -0.4 is 14.2 Å². The molecule has 0 radical (unpaired) electrons. The zero-order valence-electron chi connectivity index (χ0n) is 18.9. The average molecular weight is 431 g/mol. The van der Waals surface area contributed by atoms with Gasteiger partial charge in [-0.3, -0.25) is 9.78 Å². The molecule has 1 aromatic carbocycles. The van der Waals surface area contributed by atoms with Gasteiger partial charge in [0.1, 0.15) is 11.6 Å². The van der Waals surface area contributed by atoms with Crippen molar-refractivity contribution in [3.63, 3.8) is 0 Å². The fourth-order valence-electron chi connectivity index (χ4n) is 3.82. The van der Waals surface area contributed by atoms with E-state index < -0.39 is 5.82 Å². The van der Waals surface area contributed by atoms with E-state index in [-0.39, 0.29) is 23.3 Å². The minimum absolute atomic E-state index is 0.00165. The van der Waals surface area contributed by atoms with Crippen LogP contribution in [-0.2, 0) is 0 Å². The number of aryl methyl sites for hydroxylation is 1. The third-order valence-electron chi connectivity index (χ3n) is 5.53. The molecule has 6 nitrogen and oxygen atoms in total. The molecule has 1 aliphatic rings. The lowest BCUT2D eigenvalue weighted by molar-refractivity contribution is 0.0707. The molecular formula is C24H31FN2O4. The fraction of sp³-hybridized carbons (Fsp3) is 0.500. The second-order valence-electron chi connectivity index (χ2n) is 8.32. The summed E-state index contributed by atoms with van der Waals surface area (Å²) in [6, 6.07) is 4.60. The van der Waals surface area contributed by atoms with Crippen molar-refractivity contribution >= 4 is 5.91 Å². The van der Waals surface area contributed by atoms with E-state index in [2.05, 4.69) is 4.98 Å². The molecule has 31 heavy (non-hydrogen) atoms. The average Bonchev–Trinajstić information content (AvgIpc) is 2.77. The highest BCUT2D eigenvalue weighted by atomic mass is 19.1. The van der Waals surface area contributed by atoms with E-state index in [1.54, 1.807) is 12.0 Å². The standard InChI is InChI=1S/C24H31FN2O4/c1-15(2)14-31-23-12-20(25)18(11-22(23)30-5)24(28)27-8-6-17(7-9-27)19-13-26-16(3)10-21(19)29-4/h10-13,15,17H,6-9,14H2,1-5H3. The van der Waals surface area contributed by atoms with Crippen molar-refractivity contribution in [2.45, 2.75) is 39.5 Å². The number of nitrogens with zero attached hydrogens (tertiary/aromatic N) is 2. The predicted molar refractivity (Wildman–Crippen MR) is 117 cm³/mol. The molecular weight excluding hydrogens is 399 g/mol. The number of pyridine rings is 1. The van der Waals surface area contributed by atoms with Crippen LogP contribution in [-0.4, -0.2) is 49.7 Å². The maximum Gasteiger partial charge on any atom is 0.256 e. The van der Waals surface area contributed by atoms with E-state index in [0.717, 1.165) is 29.8 Å². The molecule has 0 bridgehead atoms. The van der Waals surface area contributed by atoms with E-state index >= 15 is 0 Å². The van der Waals surface area contributed by atoms with Gasteiger partial charge in [0.25, 0.3) is 5.91 Å². The monoisotopic (exact) mass is 430 g/mol. The molecule has 0 unspecified atom stereocenters. The van der Waals surface area contributed by atoms with Crippen LogP contribution in [0.15, 0.2) is 24.4 Å². The summed E-state index contributed by atoms with van der Waals surface area (Å²) in [5, 5.41) is 0. The quantitative estimate of drug-likeness (QED) is 0.642. The first-order chi connectivity index (χ1) is 14.8. The second-order valence-corrected chi connectivity index (χ2v) is 8.32. The van der Waals surface area contributed by atoms with Crippen molar-refractivity contribution in [1.82, 2.24) is 9.88 Å². The SMILES string of the molecule is COc1cc(C(=O)N2CCC(c3cnc(C)cc3OC)CC2)c(F)cc1OCC(C)C. The molecule has 0 spiro atoms. The molecule has 0 atom stereocenters. The van der Waals surface area contributed by atoms with E-state index in [4.69, 9.17) is 14.2 Å². The summed E-state index contributed by atoms with van der Waals surface area (Å²) in [5.74, 6) is 1.09. The highest BCUT2D eigenvalue weighted by molar-refractivity contribution is 5.95. The van der Waals surface area contributed by atoms with Gasteiger partial charge in [0.15, 0.2) is 11.5 Å². The Morgan fingerprint density at radius 1 is 1.13 bits per heavy atom. The van der Waals surface area contributed by atoms with E-state index in [0.29, 0.717) is 31.2 Å². The summed E-state index contributed by atoms with van der Waals surface area (Å²) >= 11 is 0. The van der Waals surface area contributed by atoms with Crippen molar-refractivity contribution in [3.05, 3.63) is 47.0 Å². The largest absolute Gasteiger partial charge is 0.496 e. The number of ether oxygens (including phenoxy) is 3. The van der Waals surface area contributed by atoms with Gasteiger partial charge in [0, 0.05) is 42.7 Å². The van der Waals surface area contributed by atoms with Gasteiger partial charge in [-0.1, -0.05) is 13.8 Å². The Morgan fingerprint density at radius 3 is 2.42 bits per heavy atom. The molecule has 0 N–H and O–H groups in total. The predicted octanol–water partition coefficient (Wildman–Crippen LogP) is 4.60. The molecule has 0 saturated carbocycles. The van der Waals surface area contributed by atoms with E-state index in [9.17, 15) is 9.18 Å². The Kier molecular flexibility index (Phi) is 7.36. The molecule has 1 amide bonds. The number of halogens is 1. The molecule has 2 heterocycles. The third kappa shape index (κ3) is 5.27. The van der Waals surface area contributed by atoms with Crippen LogP contribution in [0.4, 0.5) is 4.39 Å². The number of amides is 1. The first kappa shape index (κ1) is 22.8.